The van der Waals surface area contributed by atoms with Gasteiger partial charge >= 0.3 is 0 Å². The minimum absolute atomic E-state index is 0.446. The Balaban J connectivity index is 1.78. The van der Waals surface area contributed by atoms with Crippen LogP contribution in [0.4, 0.5) is 0 Å². The van der Waals surface area contributed by atoms with E-state index >= 15 is 0 Å². The molecule has 94 valence electrons. The van der Waals surface area contributed by atoms with E-state index in [4.69, 9.17) is 0 Å². The maximum atomic E-state index is 3.78. The molecule has 0 fully saturated rings. The highest BCUT2D eigenvalue weighted by Crippen LogP contribution is 2.34. The second-order valence-electron chi connectivity index (χ2n) is 5.20. The fourth-order valence-electron chi connectivity index (χ4n) is 2.82. The maximum absolute atomic E-state index is 3.78. The number of hydrogen-bond donors (Lipinski definition) is 1. The van der Waals surface area contributed by atoms with E-state index in [9.17, 15) is 0 Å². The molecular weight excluding hydrogens is 238 g/mol. The predicted molar refractivity (Wildman–Crippen MR) is 78.1 cm³/mol. The van der Waals surface area contributed by atoms with Crippen LogP contribution in [-0.4, -0.2) is 0 Å². The van der Waals surface area contributed by atoms with Crippen LogP contribution in [0.2, 0.25) is 0 Å². The van der Waals surface area contributed by atoms with Crippen LogP contribution in [0.1, 0.15) is 47.0 Å². The number of fused-ring (bicyclic) bond motifs is 1. The van der Waals surface area contributed by atoms with E-state index in [1.807, 2.05) is 11.3 Å². The van der Waals surface area contributed by atoms with Crippen molar-refractivity contribution in [2.75, 3.05) is 0 Å². The topological polar surface area (TPSA) is 12.0 Å². The number of benzene rings is 1. The Hall–Kier alpha value is -1.12. The van der Waals surface area contributed by atoms with Crippen LogP contribution >= 0.6 is 11.3 Å². The highest BCUT2D eigenvalue weighted by Gasteiger charge is 2.23. The molecule has 1 nitrogen and oxygen atoms in total. The van der Waals surface area contributed by atoms with E-state index in [0.29, 0.717) is 12.1 Å². The summed E-state index contributed by atoms with van der Waals surface area (Å²) in [4.78, 5) is 1.43. The van der Waals surface area contributed by atoms with E-state index in [1.165, 1.54) is 34.4 Å². The van der Waals surface area contributed by atoms with Crippen LogP contribution in [0.25, 0.3) is 0 Å². The molecule has 0 spiro atoms. The lowest BCUT2D eigenvalue weighted by Gasteiger charge is -2.19. The Labute approximate surface area is 113 Å². The first kappa shape index (κ1) is 11.9. The van der Waals surface area contributed by atoms with Gasteiger partial charge in [-0.2, -0.15) is 0 Å². The van der Waals surface area contributed by atoms with Crippen molar-refractivity contribution in [1.29, 1.82) is 0 Å². The third kappa shape index (κ3) is 2.23. The molecule has 0 saturated carbocycles. The molecular formula is C16H19NS. The number of rotatable bonds is 3. The molecule has 3 rings (SSSR count). The average molecular weight is 257 g/mol. The lowest BCUT2D eigenvalue weighted by molar-refractivity contribution is 0.469. The zero-order chi connectivity index (χ0) is 12.5. The van der Waals surface area contributed by atoms with Gasteiger partial charge in [-0.15, -0.1) is 11.3 Å². The molecule has 0 radical (unpaired) electrons. The molecule has 1 aromatic heterocycles. The molecule has 1 aliphatic rings. The van der Waals surface area contributed by atoms with Crippen LogP contribution in [-0.2, 0) is 6.42 Å². The summed E-state index contributed by atoms with van der Waals surface area (Å²) in [6, 6.07) is 12.2. The first-order chi connectivity index (χ1) is 8.74. The smallest absolute Gasteiger partial charge is 0.0391 e. The van der Waals surface area contributed by atoms with Crippen molar-refractivity contribution in [3.05, 3.63) is 57.3 Å². The molecule has 1 aliphatic carbocycles. The van der Waals surface area contributed by atoms with Gasteiger partial charge in [0.1, 0.15) is 0 Å². The summed E-state index contributed by atoms with van der Waals surface area (Å²) >= 11 is 1.84. The zero-order valence-corrected chi connectivity index (χ0v) is 11.8. The summed E-state index contributed by atoms with van der Waals surface area (Å²) in [7, 11) is 0. The first-order valence-electron chi connectivity index (χ1n) is 6.63. The van der Waals surface area contributed by atoms with Crippen molar-refractivity contribution in [1.82, 2.24) is 5.32 Å². The second-order valence-corrected chi connectivity index (χ2v) is 6.18. The number of hydrogen-bond acceptors (Lipinski definition) is 2. The highest BCUT2D eigenvalue weighted by atomic mass is 32.1. The highest BCUT2D eigenvalue weighted by molar-refractivity contribution is 7.10. The van der Waals surface area contributed by atoms with Crippen molar-refractivity contribution < 1.29 is 0 Å². The lowest BCUT2D eigenvalue weighted by atomic mass is 10.0. The second kappa shape index (κ2) is 4.87. The number of nitrogens with one attached hydrogen (secondary N) is 1. The predicted octanol–water partition coefficient (Wildman–Crippen LogP) is 4.39. The van der Waals surface area contributed by atoms with Gasteiger partial charge in [-0.05, 0) is 49.3 Å². The van der Waals surface area contributed by atoms with Crippen LogP contribution < -0.4 is 5.32 Å². The molecule has 1 unspecified atom stereocenters. The molecule has 2 aromatic rings. The molecule has 1 N–H and O–H groups in total. The van der Waals surface area contributed by atoms with Gasteiger partial charge in [0, 0.05) is 17.0 Å². The summed E-state index contributed by atoms with van der Waals surface area (Å²) in [6.45, 7) is 4.44. The fraction of sp³-hybridized carbons (Fsp3) is 0.375. The van der Waals surface area contributed by atoms with Gasteiger partial charge in [0.25, 0.3) is 0 Å². The third-order valence-electron chi connectivity index (χ3n) is 3.80. The molecule has 1 heterocycles. The molecule has 2 atom stereocenters. The van der Waals surface area contributed by atoms with Gasteiger partial charge in [-0.25, -0.2) is 0 Å². The Bertz CT molecular complexity index is 530. The van der Waals surface area contributed by atoms with Gasteiger partial charge < -0.3 is 5.32 Å². The number of aryl methyl sites for hydroxylation is 2. The van der Waals surface area contributed by atoms with Gasteiger partial charge in [-0.3, -0.25) is 0 Å². The van der Waals surface area contributed by atoms with Crippen molar-refractivity contribution in [2.45, 2.75) is 38.8 Å². The molecule has 2 heteroatoms. The van der Waals surface area contributed by atoms with E-state index in [2.05, 4.69) is 54.9 Å². The summed E-state index contributed by atoms with van der Waals surface area (Å²) in [5.74, 6) is 0. The third-order valence-corrected chi connectivity index (χ3v) is 4.86. The first-order valence-corrected chi connectivity index (χ1v) is 7.51. The molecule has 0 aliphatic heterocycles. The Morgan fingerprint density at radius 2 is 2.22 bits per heavy atom. The van der Waals surface area contributed by atoms with E-state index < -0.39 is 0 Å². The van der Waals surface area contributed by atoms with Crippen LogP contribution in [0.5, 0.6) is 0 Å². The summed E-state index contributed by atoms with van der Waals surface area (Å²) in [6.07, 6.45) is 2.44. The minimum atomic E-state index is 0.446. The van der Waals surface area contributed by atoms with Gasteiger partial charge in [-0.1, -0.05) is 29.8 Å². The fourth-order valence-corrected chi connectivity index (χ4v) is 3.56. The Morgan fingerprint density at radius 3 is 3.00 bits per heavy atom. The summed E-state index contributed by atoms with van der Waals surface area (Å²) < 4.78 is 0. The van der Waals surface area contributed by atoms with Gasteiger partial charge in [0.15, 0.2) is 0 Å². The lowest BCUT2D eigenvalue weighted by Crippen LogP contribution is -2.22. The monoisotopic (exact) mass is 257 g/mol. The van der Waals surface area contributed by atoms with Crippen LogP contribution in [0, 0.1) is 6.92 Å². The zero-order valence-electron chi connectivity index (χ0n) is 10.9. The quantitative estimate of drug-likeness (QED) is 0.859. The Morgan fingerprint density at radius 1 is 1.33 bits per heavy atom. The molecule has 0 saturated heterocycles. The van der Waals surface area contributed by atoms with Crippen molar-refractivity contribution >= 4 is 11.3 Å². The summed E-state index contributed by atoms with van der Waals surface area (Å²) in [5.41, 5.74) is 4.40. The number of thiophene rings is 1. The van der Waals surface area contributed by atoms with E-state index in [0.717, 1.165) is 0 Å². The van der Waals surface area contributed by atoms with E-state index in [1.54, 1.807) is 0 Å². The normalized spacial score (nSPS) is 19.8. The van der Waals surface area contributed by atoms with Crippen molar-refractivity contribution in [3.63, 3.8) is 0 Å². The standard InChI is InChI=1S/C16H19NS/c1-11-5-6-13-7-8-15(14(13)10-11)17-12(2)16-4-3-9-18-16/h3-6,9-10,12,15,17H,7-8H2,1-2H3/t12-,15?/m1/s1. The molecule has 0 amide bonds. The largest absolute Gasteiger partial charge is 0.303 e. The van der Waals surface area contributed by atoms with Crippen LogP contribution in [0.3, 0.4) is 0 Å². The molecule has 0 bridgehead atoms. The molecule has 18 heavy (non-hydrogen) atoms. The Kier molecular flexibility index (Phi) is 3.23. The molecule has 1 aromatic carbocycles. The van der Waals surface area contributed by atoms with Gasteiger partial charge in [0.2, 0.25) is 0 Å². The van der Waals surface area contributed by atoms with Crippen molar-refractivity contribution in [3.8, 4) is 0 Å². The van der Waals surface area contributed by atoms with Crippen molar-refractivity contribution in [2.24, 2.45) is 0 Å². The SMILES string of the molecule is Cc1ccc2c(c1)C(N[C@H](C)c1cccs1)CC2. The van der Waals surface area contributed by atoms with E-state index in [-0.39, 0.29) is 0 Å². The van der Waals surface area contributed by atoms with Gasteiger partial charge in [0.05, 0.1) is 0 Å². The maximum Gasteiger partial charge on any atom is 0.0391 e. The minimum Gasteiger partial charge on any atom is -0.303 e. The average Bonchev–Trinajstić information content (AvgIpc) is 2.99. The summed E-state index contributed by atoms with van der Waals surface area (Å²) in [5, 5.41) is 5.93. The van der Waals surface area contributed by atoms with Crippen LogP contribution in [0.15, 0.2) is 35.7 Å².